The molecule has 0 atom stereocenters. The van der Waals surface area contributed by atoms with Crippen molar-refractivity contribution in [3.05, 3.63) is 47.8 Å². The highest BCUT2D eigenvalue weighted by Gasteiger charge is 2.19. The van der Waals surface area contributed by atoms with Gasteiger partial charge in [0.1, 0.15) is 11.4 Å². The van der Waals surface area contributed by atoms with Gasteiger partial charge in [0.2, 0.25) is 0 Å². The summed E-state index contributed by atoms with van der Waals surface area (Å²) < 4.78 is 1.79. The van der Waals surface area contributed by atoms with Crippen LogP contribution in [0.1, 0.15) is 23.0 Å². The van der Waals surface area contributed by atoms with Gasteiger partial charge in [-0.25, -0.2) is 0 Å². The van der Waals surface area contributed by atoms with Crippen molar-refractivity contribution in [2.24, 2.45) is 7.05 Å². The van der Waals surface area contributed by atoms with Crippen LogP contribution in [0.3, 0.4) is 0 Å². The first-order valence-electron chi connectivity index (χ1n) is 6.27. The second kappa shape index (κ2) is 5.18. The van der Waals surface area contributed by atoms with Gasteiger partial charge in [-0.15, -0.1) is 0 Å². The van der Waals surface area contributed by atoms with E-state index in [0.717, 1.165) is 11.3 Å². The molecule has 4 nitrogen and oxygen atoms in total. The summed E-state index contributed by atoms with van der Waals surface area (Å²) in [7, 11) is 1.84. The van der Waals surface area contributed by atoms with E-state index in [-0.39, 0.29) is 11.7 Å². The number of carbonyl (C=O) groups is 1. The lowest BCUT2D eigenvalue weighted by atomic mass is 10.1. The molecule has 19 heavy (non-hydrogen) atoms. The number of aromatic nitrogens is 1. The third-order valence-corrected chi connectivity index (χ3v) is 3.21. The van der Waals surface area contributed by atoms with E-state index in [2.05, 4.69) is 0 Å². The standard InChI is InChI=1S/C15H18N2O2/c1-4-17(14-10-12(18)8-7-11(14)2)15(19)13-6-5-9-16(13)3/h5-10,18H,4H2,1-3H3. The van der Waals surface area contributed by atoms with E-state index in [9.17, 15) is 9.90 Å². The first kappa shape index (κ1) is 13.2. The van der Waals surface area contributed by atoms with E-state index in [4.69, 9.17) is 0 Å². The zero-order chi connectivity index (χ0) is 14.0. The van der Waals surface area contributed by atoms with Gasteiger partial charge in [-0.05, 0) is 37.6 Å². The number of nitrogens with zero attached hydrogens (tertiary/aromatic N) is 2. The van der Waals surface area contributed by atoms with Crippen molar-refractivity contribution in [2.45, 2.75) is 13.8 Å². The fourth-order valence-corrected chi connectivity index (χ4v) is 2.13. The minimum absolute atomic E-state index is 0.0660. The Bertz CT molecular complexity index is 602. The number of phenolic OH excluding ortho intramolecular Hbond substituents is 1. The van der Waals surface area contributed by atoms with Crippen molar-refractivity contribution >= 4 is 11.6 Å². The molecule has 1 amide bonds. The highest BCUT2D eigenvalue weighted by Crippen LogP contribution is 2.26. The molecule has 0 aliphatic rings. The number of hydrogen-bond donors (Lipinski definition) is 1. The van der Waals surface area contributed by atoms with Crippen molar-refractivity contribution in [3.63, 3.8) is 0 Å². The molecule has 0 saturated carbocycles. The van der Waals surface area contributed by atoms with Gasteiger partial charge in [0.25, 0.3) is 5.91 Å². The Balaban J connectivity index is 2.43. The molecule has 0 fully saturated rings. The number of hydrogen-bond acceptors (Lipinski definition) is 2. The maximum Gasteiger partial charge on any atom is 0.274 e. The van der Waals surface area contributed by atoms with Crippen molar-refractivity contribution in [1.29, 1.82) is 0 Å². The lowest BCUT2D eigenvalue weighted by Gasteiger charge is -2.23. The average molecular weight is 258 g/mol. The third kappa shape index (κ3) is 2.47. The van der Waals surface area contributed by atoms with Crippen molar-refractivity contribution < 1.29 is 9.90 Å². The number of rotatable bonds is 3. The largest absolute Gasteiger partial charge is 0.508 e. The number of aryl methyl sites for hydroxylation is 2. The molecule has 0 unspecified atom stereocenters. The normalized spacial score (nSPS) is 10.5. The molecule has 4 heteroatoms. The molecule has 0 bridgehead atoms. The van der Waals surface area contributed by atoms with Crippen LogP contribution in [0.2, 0.25) is 0 Å². The van der Waals surface area contributed by atoms with Gasteiger partial charge in [0.05, 0.1) is 5.69 Å². The smallest absolute Gasteiger partial charge is 0.274 e. The van der Waals surface area contributed by atoms with Gasteiger partial charge >= 0.3 is 0 Å². The second-order valence-corrected chi connectivity index (χ2v) is 4.52. The molecule has 1 N–H and O–H groups in total. The van der Waals surface area contributed by atoms with Crippen LogP contribution in [0.5, 0.6) is 5.75 Å². The molecule has 0 aliphatic heterocycles. The molecular weight excluding hydrogens is 240 g/mol. The molecule has 0 radical (unpaired) electrons. The summed E-state index contributed by atoms with van der Waals surface area (Å²) in [6.45, 7) is 4.40. The van der Waals surface area contributed by atoms with Gasteiger partial charge in [0, 0.05) is 25.9 Å². The summed E-state index contributed by atoms with van der Waals surface area (Å²) in [6, 6.07) is 8.70. The molecule has 0 spiro atoms. The predicted molar refractivity (Wildman–Crippen MR) is 75.6 cm³/mol. The van der Waals surface area contributed by atoms with Gasteiger partial charge in [-0.3, -0.25) is 4.79 Å². The summed E-state index contributed by atoms with van der Waals surface area (Å²) in [5, 5.41) is 9.61. The van der Waals surface area contributed by atoms with Crippen LogP contribution in [-0.2, 0) is 7.05 Å². The summed E-state index contributed by atoms with van der Waals surface area (Å²) in [5.41, 5.74) is 2.33. The van der Waals surface area contributed by atoms with Crippen molar-refractivity contribution in [1.82, 2.24) is 4.57 Å². The molecule has 0 aliphatic carbocycles. The van der Waals surface area contributed by atoms with E-state index in [1.165, 1.54) is 0 Å². The van der Waals surface area contributed by atoms with Crippen LogP contribution in [0.15, 0.2) is 36.5 Å². The summed E-state index contributed by atoms with van der Waals surface area (Å²) in [5.74, 6) is 0.0995. The van der Waals surface area contributed by atoms with Crippen LogP contribution in [0.4, 0.5) is 5.69 Å². The van der Waals surface area contributed by atoms with Gasteiger partial charge in [-0.2, -0.15) is 0 Å². The Labute approximate surface area is 112 Å². The fraction of sp³-hybridized carbons (Fsp3) is 0.267. The quantitative estimate of drug-likeness (QED) is 0.920. The van der Waals surface area contributed by atoms with E-state index in [1.54, 1.807) is 27.7 Å². The first-order valence-corrected chi connectivity index (χ1v) is 6.27. The molecule has 2 rings (SSSR count). The number of carbonyl (C=O) groups excluding carboxylic acids is 1. The topological polar surface area (TPSA) is 45.5 Å². The van der Waals surface area contributed by atoms with E-state index < -0.39 is 0 Å². The first-order chi connectivity index (χ1) is 9.04. The molecule has 1 heterocycles. The molecule has 100 valence electrons. The van der Waals surface area contributed by atoms with Crippen molar-refractivity contribution in [3.8, 4) is 5.75 Å². The number of anilines is 1. The fourth-order valence-electron chi connectivity index (χ4n) is 2.13. The Morgan fingerprint density at radius 2 is 2.11 bits per heavy atom. The van der Waals surface area contributed by atoms with Crippen LogP contribution in [-0.4, -0.2) is 22.1 Å². The maximum atomic E-state index is 12.5. The van der Waals surface area contributed by atoms with E-state index in [1.807, 2.05) is 39.2 Å². The number of amides is 1. The maximum absolute atomic E-state index is 12.5. The van der Waals surface area contributed by atoms with Gasteiger partial charge in [-0.1, -0.05) is 6.07 Å². The van der Waals surface area contributed by atoms with Crippen LogP contribution in [0.25, 0.3) is 0 Å². The minimum Gasteiger partial charge on any atom is -0.508 e. The Kier molecular flexibility index (Phi) is 3.60. The second-order valence-electron chi connectivity index (χ2n) is 4.52. The van der Waals surface area contributed by atoms with E-state index >= 15 is 0 Å². The van der Waals surface area contributed by atoms with Gasteiger partial charge in [0.15, 0.2) is 0 Å². The predicted octanol–water partition coefficient (Wildman–Crippen LogP) is 2.71. The lowest BCUT2D eigenvalue weighted by molar-refractivity contribution is 0.0980. The highest BCUT2D eigenvalue weighted by atomic mass is 16.3. The summed E-state index contributed by atoms with van der Waals surface area (Å²) in [6.07, 6.45) is 1.84. The van der Waals surface area contributed by atoms with E-state index in [0.29, 0.717) is 12.2 Å². The number of phenols is 1. The monoisotopic (exact) mass is 258 g/mol. The van der Waals surface area contributed by atoms with Crippen LogP contribution >= 0.6 is 0 Å². The summed E-state index contributed by atoms with van der Waals surface area (Å²) >= 11 is 0. The molecule has 0 saturated heterocycles. The Morgan fingerprint density at radius 1 is 1.37 bits per heavy atom. The van der Waals surface area contributed by atoms with Crippen molar-refractivity contribution in [2.75, 3.05) is 11.4 Å². The summed E-state index contributed by atoms with van der Waals surface area (Å²) in [4.78, 5) is 14.2. The highest BCUT2D eigenvalue weighted by molar-refractivity contribution is 6.05. The Morgan fingerprint density at radius 3 is 2.68 bits per heavy atom. The Hall–Kier alpha value is -2.23. The number of aromatic hydroxyl groups is 1. The third-order valence-electron chi connectivity index (χ3n) is 3.21. The zero-order valence-electron chi connectivity index (χ0n) is 11.4. The van der Waals surface area contributed by atoms with Crippen LogP contribution < -0.4 is 4.90 Å². The SMILES string of the molecule is CCN(C(=O)c1cccn1C)c1cc(O)ccc1C. The van der Waals surface area contributed by atoms with Crippen LogP contribution in [0, 0.1) is 6.92 Å². The molecule has 1 aromatic heterocycles. The average Bonchev–Trinajstić information content (AvgIpc) is 2.80. The molecular formula is C15H18N2O2. The number of benzene rings is 1. The lowest BCUT2D eigenvalue weighted by Crippen LogP contribution is -2.32. The minimum atomic E-state index is -0.0660. The zero-order valence-corrected chi connectivity index (χ0v) is 11.4. The molecule has 2 aromatic rings. The molecule has 1 aromatic carbocycles. The van der Waals surface area contributed by atoms with Gasteiger partial charge < -0.3 is 14.6 Å².